The van der Waals surface area contributed by atoms with Gasteiger partial charge in [0.15, 0.2) is 0 Å². The molecule has 3 heteroatoms. The Morgan fingerprint density at radius 2 is 1.81 bits per heavy atom. The molecule has 21 heavy (non-hydrogen) atoms. The fraction of sp³-hybridized carbons (Fsp3) is 0.222. The van der Waals surface area contributed by atoms with Crippen LogP contribution >= 0.6 is 11.3 Å². The van der Waals surface area contributed by atoms with Gasteiger partial charge in [0.05, 0.1) is 6.10 Å². The number of hydrogen-bond acceptors (Lipinski definition) is 2. The third-order valence-electron chi connectivity index (χ3n) is 3.87. The van der Waals surface area contributed by atoms with E-state index >= 15 is 0 Å². The predicted molar refractivity (Wildman–Crippen MR) is 86.4 cm³/mol. The second-order valence-electron chi connectivity index (χ2n) is 5.42. The molecule has 0 aliphatic heterocycles. The molecular formula is C18H17FOS. The van der Waals surface area contributed by atoms with Gasteiger partial charge in [0.2, 0.25) is 0 Å². The molecule has 1 heterocycles. The maximum Gasteiger partial charge on any atom is 0.124 e. The van der Waals surface area contributed by atoms with Crippen molar-refractivity contribution in [3.05, 3.63) is 69.8 Å². The van der Waals surface area contributed by atoms with E-state index in [1.807, 2.05) is 12.1 Å². The highest BCUT2D eigenvalue weighted by molar-refractivity contribution is 7.19. The van der Waals surface area contributed by atoms with Gasteiger partial charge < -0.3 is 5.11 Å². The van der Waals surface area contributed by atoms with E-state index in [4.69, 9.17) is 0 Å². The van der Waals surface area contributed by atoms with E-state index in [9.17, 15) is 9.50 Å². The molecule has 0 fully saturated rings. The van der Waals surface area contributed by atoms with E-state index in [1.165, 1.54) is 40.2 Å². The molecule has 2 aromatic carbocycles. The number of thiophene rings is 1. The van der Waals surface area contributed by atoms with Crippen molar-refractivity contribution in [2.75, 3.05) is 0 Å². The molecule has 108 valence electrons. The van der Waals surface area contributed by atoms with E-state index < -0.39 is 6.10 Å². The Labute approximate surface area is 127 Å². The summed E-state index contributed by atoms with van der Waals surface area (Å²) in [5.74, 6) is -0.236. The van der Waals surface area contributed by atoms with Crippen LogP contribution in [0.5, 0.6) is 0 Å². The Morgan fingerprint density at radius 3 is 2.52 bits per heavy atom. The summed E-state index contributed by atoms with van der Waals surface area (Å²) >= 11 is 1.46. The largest absolute Gasteiger partial charge is 0.387 e. The van der Waals surface area contributed by atoms with E-state index in [0.717, 1.165) is 15.0 Å². The standard InChI is InChI=1S/C18H17FOS/c1-11-4-3-5-12(2)15(11)10-16(20)18-8-13-6-7-14(19)9-17(13)21-18/h3-9,16,20H,10H2,1-2H3. The van der Waals surface area contributed by atoms with Crippen LogP contribution in [0.1, 0.15) is 27.7 Å². The molecule has 1 unspecified atom stereocenters. The average Bonchev–Trinajstić information content (AvgIpc) is 2.86. The fourth-order valence-electron chi connectivity index (χ4n) is 2.65. The number of rotatable bonds is 3. The normalized spacial score (nSPS) is 12.8. The summed E-state index contributed by atoms with van der Waals surface area (Å²) in [5, 5.41) is 11.5. The van der Waals surface area contributed by atoms with Crippen LogP contribution in [-0.4, -0.2) is 5.11 Å². The summed E-state index contributed by atoms with van der Waals surface area (Å²) in [5.41, 5.74) is 3.58. The van der Waals surface area contributed by atoms with Gasteiger partial charge in [0.1, 0.15) is 5.82 Å². The molecular weight excluding hydrogens is 283 g/mol. The summed E-state index contributed by atoms with van der Waals surface area (Å²) in [6, 6.07) is 12.9. The predicted octanol–water partition coefficient (Wildman–Crippen LogP) is 4.93. The van der Waals surface area contributed by atoms with E-state index in [2.05, 4.69) is 26.0 Å². The van der Waals surface area contributed by atoms with Crippen LogP contribution in [-0.2, 0) is 6.42 Å². The summed E-state index contributed by atoms with van der Waals surface area (Å²) in [7, 11) is 0. The van der Waals surface area contributed by atoms with E-state index in [-0.39, 0.29) is 5.82 Å². The number of aryl methyl sites for hydroxylation is 2. The van der Waals surface area contributed by atoms with Crippen LogP contribution in [0.15, 0.2) is 42.5 Å². The molecule has 3 rings (SSSR count). The molecule has 1 aromatic heterocycles. The van der Waals surface area contributed by atoms with Crippen molar-refractivity contribution in [1.82, 2.24) is 0 Å². The third-order valence-corrected chi connectivity index (χ3v) is 5.07. The molecule has 0 saturated heterocycles. The Balaban J connectivity index is 1.91. The van der Waals surface area contributed by atoms with Crippen LogP contribution in [0, 0.1) is 19.7 Å². The summed E-state index contributed by atoms with van der Waals surface area (Å²) < 4.78 is 14.1. The molecule has 0 saturated carbocycles. The topological polar surface area (TPSA) is 20.2 Å². The average molecular weight is 300 g/mol. The third kappa shape index (κ3) is 2.85. The van der Waals surface area contributed by atoms with Crippen molar-refractivity contribution in [2.45, 2.75) is 26.4 Å². The van der Waals surface area contributed by atoms with Gasteiger partial charge in [-0.15, -0.1) is 11.3 Å². The number of halogens is 1. The first-order valence-electron chi connectivity index (χ1n) is 6.97. The maximum absolute atomic E-state index is 13.2. The molecule has 0 spiro atoms. The van der Waals surface area contributed by atoms with Gasteiger partial charge in [-0.05, 0) is 54.1 Å². The van der Waals surface area contributed by atoms with E-state index in [0.29, 0.717) is 6.42 Å². The first-order valence-corrected chi connectivity index (χ1v) is 7.78. The van der Waals surface area contributed by atoms with Gasteiger partial charge in [-0.25, -0.2) is 4.39 Å². The zero-order valence-corrected chi connectivity index (χ0v) is 12.9. The molecule has 1 nitrogen and oxygen atoms in total. The number of fused-ring (bicyclic) bond motifs is 1. The lowest BCUT2D eigenvalue weighted by Crippen LogP contribution is -2.03. The van der Waals surface area contributed by atoms with Crippen LogP contribution in [0.2, 0.25) is 0 Å². The quantitative estimate of drug-likeness (QED) is 0.727. The Bertz CT molecular complexity index is 771. The Hall–Kier alpha value is -1.71. The van der Waals surface area contributed by atoms with Crippen molar-refractivity contribution in [3.63, 3.8) is 0 Å². The molecule has 0 radical (unpaired) electrons. The van der Waals surface area contributed by atoms with Crippen LogP contribution < -0.4 is 0 Å². The molecule has 0 aliphatic carbocycles. The van der Waals surface area contributed by atoms with Gasteiger partial charge in [0, 0.05) is 16.0 Å². The molecule has 1 atom stereocenters. The van der Waals surface area contributed by atoms with Crippen molar-refractivity contribution in [1.29, 1.82) is 0 Å². The lowest BCUT2D eigenvalue weighted by Gasteiger charge is -2.13. The van der Waals surface area contributed by atoms with Crippen LogP contribution in [0.25, 0.3) is 10.1 Å². The summed E-state index contributed by atoms with van der Waals surface area (Å²) in [6.07, 6.45) is 0.0404. The minimum Gasteiger partial charge on any atom is -0.387 e. The minimum atomic E-state index is -0.551. The first kappa shape index (κ1) is 14.2. The van der Waals surface area contributed by atoms with E-state index in [1.54, 1.807) is 6.07 Å². The monoisotopic (exact) mass is 300 g/mol. The highest BCUT2D eigenvalue weighted by Gasteiger charge is 2.15. The van der Waals surface area contributed by atoms with Gasteiger partial charge in [-0.3, -0.25) is 0 Å². The molecule has 3 aromatic rings. The van der Waals surface area contributed by atoms with Gasteiger partial charge in [-0.1, -0.05) is 24.3 Å². The number of aliphatic hydroxyl groups excluding tert-OH is 1. The molecule has 0 amide bonds. The minimum absolute atomic E-state index is 0.236. The van der Waals surface area contributed by atoms with Crippen molar-refractivity contribution >= 4 is 21.4 Å². The highest BCUT2D eigenvalue weighted by atomic mass is 32.1. The SMILES string of the molecule is Cc1cccc(C)c1CC(O)c1cc2ccc(F)cc2s1. The summed E-state index contributed by atoms with van der Waals surface area (Å²) in [4.78, 5) is 0.887. The first-order chi connectivity index (χ1) is 10.0. The smallest absolute Gasteiger partial charge is 0.124 e. The molecule has 0 aliphatic rings. The second-order valence-corrected chi connectivity index (χ2v) is 6.54. The van der Waals surface area contributed by atoms with Crippen molar-refractivity contribution < 1.29 is 9.50 Å². The number of benzene rings is 2. The molecule has 1 N–H and O–H groups in total. The maximum atomic E-state index is 13.2. The lowest BCUT2D eigenvalue weighted by molar-refractivity contribution is 0.182. The zero-order chi connectivity index (χ0) is 15.0. The zero-order valence-electron chi connectivity index (χ0n) is 12.1. The van der Waals surface area contributed by atoms with Crippen LogP contribution in [0.3, 0.4) is 0 Å². The number of hydrogen-bond donors (Lipinski definition) is 1. The highest BCUT2D eigenvalue weighted by Crippen LogP contribution is 2.32. The Morgan fingerprint density at radius 1 is 1.10 bits per heavy atom. The van der Waals surface area contributed by atoms with Crippen molar-refractivity contribution in [2.24, 2.45) is 0 Å². The van der Waals surface area contributed by atoms with Gasteiger partial charge in [0.25, 0.3) is 0 Å². The second kappa shape index (κ2) is 5.58. The molecule has 0 bridgehead atoms. The Kier molecular flexibility index (Phi) is 3.79. The lowest BCUT2D eigenvalue weighted by atomic mass is 9.97. The summed E-state index contributed by atoms with van der Waals surface area (Å²) in [6.45, 7) is 4.13. The number of aliphatic hydroxyl groups is 1. The van der Waals surface area contributed by atoms with Gasteiger partial charge in [-0.2, -0.15) is 0 Å². The van der Waals surface area contributed by atoms with Gasteiger partial charge >= 0.3 is 0 Å². The fourth-order valence-corrected chi connectivity index (χ4v) is 3.73. The van der Waals surface area contributed by atoms with Crippen LogP contribution in [0.4, 0.5) is 4.39 Å². The van der Waals surface area contributed by atoms with Crippen molar-refractivity contribution in [3.8, 4) is 0 Å².